The molecule has 0 saturated heterocycles. The Morgan fingerprint density at radius 3 is 2.83 bits per heavy atom. The van der Waals surface area contributed by atoms with Crippen molar-refractivity contribution in [1.29, 1.82) is 0 Å². The molecule has 1 heterocycles. The summed E-state index contributed by atoms with van der Waals surface area (Å²) in [5.41, 5.74) is 0.236. The van der Waals surface area contributed by atoms with Crippen LogP contribution in [0.15, 0.2) is 39.4 Å². The Bertz CT molecular complexity index is 719. The Balaban J connectivity index is 1.90. The summed E-state index contributed by atoms with van der Waals surface area (Å²) in [4.78, 5) is 23.6. The summed E-state index contributed by atoms with van der Waals surface area (Å²) in [6.07, 6.45) is 1.41. The number of furan rings is 1. The first-order valence-electron chi connectivity index (χ1n) is 7.24. The van der Waals surface area contributed by atoms with E-state index in [9.17, 15) is 14.0 Å². The molecule has 0 saturated carbocycles. The third-order valence-corrected chi connectivity index (χ3v) is 3.59. The van der Waals surface area contributed by atoms with E-state index in [0.717, 1.165) is 0 Å². The Morgan fingerprint density at radius 1 is 1.38 bits per heavy atom. The Morgan fingerprint density at radius 2 is 2.17 bits per heavy atom. The molecule has 0 fully saturated rings. The minimum atomic E-state index is -0.514. The number of rotatable bonds is 7. The molecule has 0 unspecified atom stereocenters. The van der Waals surface area contributed by atoms with Crippen LogP contribution in [0.3, 0.4) is 0 Å². The van der Waals surface area contributed by atoms with Gasteiger partial charge in [-0.25, -0.2) is 4.39 Å². The van der Waals surface area contributed by atoms with Gasteiger partial charge in [-0.05, 0) is 41.1 Å². The molecule has 6 nitrogen and oxygen atoms in total. The summed E-state index contributed by atoms with van der Waals surface area (Å²) in [6, 6.07) is 5.74. The number of amides is 2. The second-order valence-electron chi connectivity index (χ2n) is 4.73. The third-order valence-electron chi connectivity index (χ3n) is 2.98. The molecule has 0 aliphatic carbocycles. The molecule has 1 aromatic heterocycles. The Labute approximate surface area is 146 Å². The number of halogens is 2. The molecular weight excluding hydrogens is 383 g/mol. The van der Waals surface area contributed by atoms with Crippen molar-refractivity contribution in [2.75, 3.05) is 18.5 Å². The van der Waals surface area contributed by atoms with Crippen molar-refractivity contribution in [2.24, 2.45) is 0 Å². The van der Waals surface area contributed by atoms with E-state index in [2.05, 4.69) is 26.6 Å². The molecule has 2 aromatic rings. The minimum Gasteiger partial charge on any atom is -0.492 e. The van der Waals surface area contributed by atoms with Gasteiger partial charge in [0.25, 0.3) is 5.91 Å². The van der Waals surface area contributed by atoms with Gasteiger partial charge in [0.1, 0.15) is 11.6 Å². The van der Waals surface area contributed by atoms with E-state index in [1.165, 1.54) is 24.5 Å². The number of hydrogen-bond acceptors (Lipinski definition) is 4. The average molecular weight is 399 g/mol. The van der Waals surface area contributed by atoms with E-state index in [-0.39, 0.29) is 34.8 Å². The first-order chi connectivity index (χ1) is 11.5. The third kappa shape index (κ3) is 4.82. The van der Waals surface area contributed by atoms with Crippen molar-refractivity contribution in [2.45, 2.75) is 13.3 Å². The van der Waals surface area contributed by atoms with E-state index in [1.807, 2.05) is 0 Å². The predicted molar refractivity (Wildman–Crippen MR) is 89.6 cm³/mol. The van der Waals surface area contributed by atoms with E-state index in [0.29, 0.717) is 12.4 Å². The molecule has 0 aliphatic rings. The van der Waals surface area contributed by atoms with Gasteiger partial charge in [0.05, 0.1) is 23.0 Å². The molecule has 2 amide bonds. The number of hydrogen-bond donors (Lipinski definition) is 2. The van der Waals surface area contributed by atoms with Crippen LogP contribution in [0.4, 0.5) is 10.1 Å². The fourth-order valence-corrected chi connectivity index (χ4v) is 2.22. The summed E-state index contributed by atoms with van der Waals surface area (Å²) < 4.78 is 24.2. The van der Waals surface area contributed by atoms with E-state index >= 15 is 0 Å². The molecule has 1 aromatic carbocycles. The SMILES string of the molecule is CCOc1cc(Br)c(F)cc1NC(=O)CCNC(=O)c1ccco1. The zero-order valence-electron chi connectivity index (χ0n) is 12.9. The monoisotopic (exact) mass is 398 g/mol. The quantitative estimate of drug-likeness (QED) is 0.749. The Hall–Kier alpha value is -2.35. The number of benzene rings is 1. The smallest absolute Gasteiger partial charge is 0.286 e. The lowest BCUT2D eigenvalue weighted by atomic mass is 10.2. The zero-order chi connectivity index (χ0) is 17.5. The predicted octanol–water partition coefficient (Wildman–Crippen LogP) is 3.34. The van der Waals surface area contributed by atoms with Crippen LogP contribution >= 0.6 is 15.9 Å². The van der Waals surface area contributed by atoms with Gasteiger partial charge in [-0.2, -0.15) is 0 Å². The van der Waals surface area contributed by atoms with Crippen molar-refractivity contribution >= 4 is 33.4 Å². The van der Waals surface area contributed by atoms with Gasteiger partial charge in [-0.1, -0.05) is 0 Å². The van der Waals surface area contributed by atoms with Gasteiger partial charge in [-0.3, -0.25) is 9.59 Å². The molecule has 2 N–H and O–H groups in total. The van der Waals surface area contributed by atoms with Crippen LogP contribution in [0, 0.1) is 5.82 Å². The summed E-state index contributed by atoms with van der Waals surface area (Å²) in [5.74, 6) is -0.766. The maximum atomic E-state index is 13.6. The average Bonchev–Trinajstić information content (AvgIpc) is 3.07. The molecule has 0 bridgehead atoms. The second kappa shape index (κ2) is 8.49. The first-order valence-corrected chi connectivity index (χ1v) is 8.04. The van der Waals surface area contributed by atoms with Crippen LogP contribution < -0.4 is 15.4 Å². The van der Waals surface area contributed by atoms with Crippen molar-refractivity contribution in [3.8, 4) is 5.75 Å². The Kier molecular flexibility index (Phi) is 6.36. The highest BCUT2D eigenvalue weighted by Gasteiger charge is 2.13. The maximum absolute atomic E-state index is 13.6. The fourth-order valence-electron chi connectivity index (χ4n) is 1.90. The van der Waals surface area contributed by atoms with Gasteiger partial charge in [-0.15, -0.1) is 0 Å². The van der Waals surface area contributed by atoms with Crippen LogP contribution in [0.2, 0.25) is 0 Å². The van der Waals surface area contributed by atoms with Crippen molar-refractivity contribution < 1.29 is 23.1 Å². The number of carbonyl (C=O) groups excluding carboxylic acids is 2. The zero-order valence-corrected chi connectivity index (χ0v) is 14.5. The summed E-state index contributed by atoms with van der Waals surface area (Å²) in [7, 11) is 0. The molecule has 0 atom stereocenters. The van der Waals surface area contributed by atoms with Crippen LogP contribution in [0.25, 0.3) is 0 Å². The standard InChI is InChI=1S/C16H16BrFN2O4/c1-2-23-14-8-10(17)11(18)9-12(14)20-15(21)5-6-19-16(22)13-4-3-7-24-13/h3-4,7-9H,2,5-6H2,1H3,(H,19,22)(H,20,21). The van der Waals surface area contributed by atoms with Crippen LogP contribution in [-0.4, -0.2) is 25.0 Å². The highest BCUT2D eigenvalue weighted by Crippen LogP contribution is 2.31. The second-order valence-corrected chi connectivity index (χ2v) is 5.58. The van der Waals surface area contributed by atoms with Crippen LogP contribution in [0.1, 0.15) is 23.9 Å². The van der Waals surface area contributed by atoms with Gasteiger partial charge >= 0.3 is 0 Å². The van der Waals surface area contributed by atoms with Crippen molar-refractivity contribution in [3.63, 3.8) is 0 Å². The topological polar surface area (TPSA) is 80.6 Å². The lowest BCUT2D eigenvalue weighted by molar-refractivity contribution is -0.116. The van der Waals surface area contributed by atoms with Crippen molar-refractivity contribution in [1.82, 2.24) is 5.32 Å². The largest absolute Gasteiger partial charge is 0.492 e. The minimum absolute atomic E-state index is 0.0235. The van der Waals surface area contributed by atoms with Crippen LogP contribution in [-0.2, 0) is 4.79 Å². The molecule has 0 spiro atoms. The normalized spacial score (nSPS) is 10.3. The summed E-state index contributed by atoms with van der Waals surface area (Å²) >= 11 is 3.07. The fraction of sp³-hybridized carbons (Fsp3) is 0.250. The molecule has 24 heavy (non-hydrogen) atoms. The van der Waals surface area contributed by atoms with E-state index in [4.69, 9.17) is 9.15 Å². The van der Waals surface area contributed by atoms with Crippen LogP contribution in [0.5, 0.6) is 5.75 Å². The first kappa shape index (κ1) is 18.0. The summed E-state index contributed by atoms with van der Waals surface area (Å²) in [6.45, 7) is 2.28. The van der Waals surface area contributed by atoms with Gasteiger partial charge in [0.15, 0.2) is 5.76 Å². The van der Waals surface area contributed by atoms with E-state index in [1.54, 1.807) is 13.0 Å². The van der Waals surface area contributed by atoms with Gasteiger partial charge < -0.3 is 19.8 Å². The maximum Gasteiger partial charge on any atom is 0.286 e. The van der Waals surface area contributed by atoms with Crippen molar-refractivity contribution in [3.05, 3.63) is 46.6 Å². The molecule has 8 heteroatoms. The molecule has 128 valence electrons. The number of carbonyl (C=O) groups is 2. The molecule has 0 radical (unpaired) electrons. The van der Waals surface area contributed by atoms with Gasteiger partial charge in [0, 0.05) is 19.0 Å². The molecular formula is C16H16BrFN2O4. The lowest BCUT2D eigenvalue weighted by Gasteiger charge is -2.12. The number of anilines is 1. The lowest BCUT2D eigenvalue weighted by Crippen LogP contribution is -2.27. The molecule has 0 aliphatic heterocycles. The highest BCUT2D eigenvalue weighted by atomic mass is 79.9. The van der Waals surface area contributed by atoms with Gasteiger partial charge in [0.2, 0.25) is 5.91 Å². The number of nitrogens with one attached hydrogen (secondary N) is 2. The number of ether oxygens (including phenoxy) is 1. The summed E-state index contributed by atoms with van der Waals surface area (Å²) in [5, 5.41) is 5.13. The van der Waals surface area contributed by atoms with E-state index < -0.39 is 11.7 Å². The highest BCUT2D eigenvalue weighted by molar-refractivity contribution is 9.10. The molecule has 2 rings (SSSR count).